The van der Waals surface area contributed by atoms with Crippen LogP contribution in [0.4, 0.5) is 0 Å². The summed E-state index contributed by atoms with van der Waals surface area (Å²) in [5.74, 6) is 1.37. The van der Waals surface area contributed by atoms with Crippen molar-refractivity contribution in [1.82, 2.24) is 4.90 Å². The molecule has 4 heteroatoms. The second kappa shape index (κ2) is 6.76. The molecule has 104 valence electrons. The van der Waals surface area contributed by atoms with Gasteiger partial charge in [0, 0.05) is 23.4 Å². The number of hydrogen-bond acceptors (Lipinski definition) is 1. The maximum absolute atomic E-state index is 12.5. The number of carbonyl (C=O) groups is 1. The Morgan fingerprint density at radius 2 is 2.32 bits per heavy atom. The van der Waals surface area contributed by atoms with Crippen molar-refractivity contribution >= 4 is 33.4 Å². The molecule has 1 aromatic rings. The Hall–Kier alpha value is -0.540. The molecule has 2 rings (SSSR count). The molecule has 0 bridgehead atoms. The van der Waals surface area contributed by atoms with Gasteiger partial charge in [-0.05, 0) is 65.7 Å². The Balaban J connectivity index is 2.10. The highest BCUT2D eigenvalue weighted by molar-refractivity contribution is 9.10. The van der Waals surface area contributed by atoms with Crippen molar-refractivity contribution in [1.29, 1.82) is 0 Å². The third-order valence-corrected chi connectivity index (χ3v) is 4.55. The molecular weight excluding hydrogens is 326 g/mol. The number of likely N-dealkylation sites (tertiary alicyclic amines) is 1. The predicted molar refractivity (Wildman–Crippen MR) is 82.8 cm³/mol. The summed E-state index contributed by atoms with van der Waals surface area (Å²) in [6.45, 7) is 3.72. The zero-order chi connectivity index (χ0) is 13.8. The van der Waals surface area contributed by atoms with E-state index in [-0.39, 0.29) is 5.91 Å². The molecule has 1 aliphatic heterocycles. The fourth-order valence-electron chi connectivity index (χ4n) is 2.60. The molecule has 2 nitrogen and oxygen atoms in total. The van der Waals surface area contributed by atoms with Crippen LogP contribution in [0.5, 0.6) is 0 Å². The first-order valence-electron chi connectivity index (χ1n) is 6.73. The number of carbonyl (C=O) groups excluding carboxylic acids is 1. The number of piperidine rings is 1. The highest BCUT2D eigenvalue weighted by Crippen LogP contribution is 2.25. The molecule has 19 heavy (non-hydrogen) atoms. The molecule has 1 atom stereocenters. The molecular formula is C15H19BrClNO. The Morgan fingerprint density at radius 3 is 3.00 bits per heavy atom. The van der Waals surface area contributed by atoms with Crippen molar-refractivity contribution in [3.63, 3.8) is 0 Å². The van der Waals surface area contributed by atoms with Crippen molar-refractivity contribution in [3.05, 3.63) is 33.8 Å². The minimum absolute atomic E-state index is 0.131. The zero-order valence-corrected chi connectivity index (χ0v) is 13.5. The molecule has 1 unspecified atom stereocenters. The number of halogens is 2. The van der Waals surface area contributed by atoms with Crippen molar-refractivity contribution in [3.8, 4) is 0 Å². The normalized spacial score (nSPS) is 19.5. The van der Waals surface area contributed by atoms with Gasteiger partial charge in [0.1, 0.15) is 0 Å². The van der Waals surface area contributed by atoms with E-state index in [2.05, 4.69) is 15.9 Å². The van der Waals surface area contributed by atoms with Crippen LogP contribution in [0.2, 0.25) is 0 Å². The van der Waals surface area contributed by atoms with Gasteiger partial charge in [-0.15, -0.1) is 11.6 Å². The Morgan fingerprint density at radius 1 is 1.53 bits per heavy atom. The van der Waals surface area contributed by atoms with Crippen LogP contribution in [0.15, 0.2) is 22.7 Å². The molecule has 1 fully saturated rings. The van der Waals surface area contributed by atoms with Gasteiger partial charge < -0.3 is 4.90 Å². The van der Waals surface area contributed by atoms with E-state index in [1.807, 2.05) is 30.0 Å². The van der Waals surface area contributed by atoms with Gasteiger partial charge >= 0.3 is 0 Å². The fourth-order valence-corrected chi connectivity index (χ4v) is 3.57. The largest absolute Gasteiger partial charge is 0.338 e. The zero-order valence-electron chi connectivity index (χ0n) is 11.2. The summed E-state index contributed by atoms with van der Waals surface area (Å²) in [6, 6.07) is 5.89. The summed E-state index contributed by atoms with van der Waals surface area (Å²) in [6.07, 6.45) is 3.27. The molecule has 1 heterocycles. The summed E-state index contributed by atoms with van der Waals surface area (Å²) in [7, 11) is 0. The van der Waals surface area contributed by atoms with Crippen molar-refractivity contribution in [2.75, 3.05) is 19.0 Å². The lowest BCUT2D eigenvalue weighted by Crippen LogP contribution is -2.40. The average molecular weight is 345 g/mol. The molecule has 0 spiro atoms. The van der Waals surface area contributed by atoms with Crippen LogP contribution in [0, 0.1) is 12.8 Å². The molecule has 0 N–H and O–H groups in total. The Bertz CT molecular complexity index is 461. The second-order valence-corrected chi connectivity index (χ2v) is 6.45. The lowest BCUT2D eigenvalue weighted by molar-refractivity contribution is 0.0670. The van der Waals surface area contributed by atoms with Crippen LogP contribution < -0.4 is 0 Å². The van der Waals surface area contributed by atoms with Gasteiger partial charge in [-0.3, -0.25) is 4.79 Å². The first-order chi connectivity index (χ1) is 9.11. The monoisotopic (exact) mass is 343 g/mol. The minimum atomic E-state index is 0.131. The van der Waals surface area contributed by atoms with E-state index in [0.29, 0.717) is 11.8 Å². The standard InChI is InChI=1S/C15H19BrClNO/c1-11-4-5-13(14(16)9-11)15(19)18-8-2-3-12(10-18)6-7-17/h4-5,9,12H,2-3,6-8,10H2,1H3. The van der Waals surface area contributed by atoms with Crippen LogP contribution in [0.25, 0.3) is 0 Å². The highest BCUT2D eigenvalue weighted by atomic mass is 79.9. The van der Waals surface area contributed by atoms with Crippen molar-refractivity contribution in [2.45, 2.75) is 26.2 Å². The maximum atomic E-state index is 12.5. The number of benzene rings is 1. The van der Waals surface area contributed by atoms with Gasteiger partial charge in [0.2, 0.25) is 0 Å². The van der Waals surface area contributed by atoms with Crippen LogP contribution in [-0.4, -0.2) is 29.8 Å². The number of rotatable bonds is 3. The lowest BCUT2D eigenvalue weighted by Gasteiger charge is -2.32. The first kappa shape index (κ1) is 14.9. The molecule has 1 saturated heterocycles. The SMILES string of the molecule is Cc1ccc(C(=O)N2CCCC(CCCl)C2)c(Br)c1. The topological polar surface area (TPSA) is 20.3 Å². The molecule has 0 saturated carbocycles. The van der Waals surface area contributed by atoms with Crippen molar-refractivity contribution in [2.24, 2.45) is 5.92 Å². The van der Waals surface area contributed by atoms with Crippen LogP contribution >= 0.6 is 27.5 Å². The molecule has 1 amide bonds. The number of amides is 1. The highest BCUT2D eigenvalue weighted by Gasteiger charge is 2.25. The molecule has 0 radical (unpaired) electrons. The average Bonchev–Trinajstić information content (AvgIpc) is 2.39. The van der Waals surface area contributed by atoms with Crippen LogP contribution in [0.3, 0.4) is 0 Å². The van der Waals surface area contributed by atoms with Crippen molar-refractivity contribution < 1.29 is 4.79 Å². The van der Waals surface area contributed by atoms with Gasteiger partial charge in [-0.1, -0.05) is 6.07 Å². The number of alkyl halides is 1. The van der Waals surface area contributed by atoms with E-state index >= 15 is 0 Å². The Kier molecular flexibility index (Phi) is 5.28. The van der Waals surface area contributed by atoms with Gasteiger partial charge in [0.15, 0.2) is 0 Å². The number of hydrogen-bond donors (Lipinski definition) is 0. The number of aryl methyl sites for hydroxylation is 1. The summed E-state index contributed by atoms with van der Waals surface area (Å²) < 4.78 is 0.886. The first-order valence-corrected chi connectivity index (χ1v) is 8.06. The van der Waals surface area contributed by atoms with Crippen LogP contribution in [0.1, 0.15) is 35.2 Å². The van der Waals surface area contributed by atoms with Gasteiger partial charge in [0.25, 0.3) is 5.91 Å². The smallest absolute Gasteiger partial charge is 0.255 e. The van der Waals surface area contributed by atoms with Gasteiger partial charge in [-0.25, -0.2) is 0 Å². The van der Waals surface area contributed by atoms with E-state index in [0.717, 1.165) is 41.5 Å². The van der Waals surface area contributed by atoms with Gasteiger partial charge in [-0.2, -0.15) is 0 Å². The maximum Gasteiger partial charge on any atom is 0.255 e. The fraction of sp³-hybridized carbons (Fsp3) is 0.533. The molecule has 0 aromatic heterocycles. The Labute approximate surface area is 128 Å². The third kappa shape index (κ3) is 3.73. The summed E-state index contributed by atoms with van der Waals surface area (Å²) in [5, 5.41) is 0. The van der Waals surface area contributed by atoms with E-state index in [4.69, 9.17) is 11.6 Å². The second-order valence-electron chi connectivity index (χ2n) is 5.22. The quantitative estimate of drug-likeness (QED) is 0.751. The van der Waals surface area contributed by atoms with E-state index in [9.17, 15) is 4.79 Å². The van der Waals surface area contributed by atoms with E-state index in [1.165, 1.54) is 6.42 Å². The summed E-state index contributed by atoms with van der Waals surface area (Å²) in [4.78, 5) is 14.5. The van der Waals surface area contributed by atoms with Gasteiger partial charge in [0.05, 0.1) is 5.56 Å². The lowest BCUT2D eigenvalue weighted by atomic mass is 9.95. The predicted octanol–water partition coefficient (Wildman–Crippen LogP) is 4.24. The van der Waals surface area contributed by atoms with E-state index in [1.54, 1.807) is 0 Å². The molecule has 1 aromatic carbocycles. The summed E-state index contributed by atoms with van der Waals surface area (Å²) in [5.41, 5.74) is 1.92. The van der Waals surface area contributed by atoms with E-state index < -0.39 is 0 Å². The van der Waals surface area contributed by atoms with Crippen LogP contribution in [-0.2, 0) is 0 Å². The third-order valence-electron chi connectivity index (χ3n) is 3.68. The minimum Gasteiger partial charge on any atom is -0.338 e. The number of nitrogens with zero attached hydrogens (tertiary/aromatic N) is 1. The molecule has 1 aliphatic rings. The summed E-state index contributed by atoms with van der Waals surface area (Å²) >= 11 is 9.30. The molecule has 0 aliphatic carbocycles.